The predicted octanol–water partition coefficient (Wildman–Crippen LogP) is 2.67. The fourth-order valence-corrected chi connectivity index (χ4v) is 2.21. The summed E-state index contributed by atoms with van der Waals surface area (Å²) in [6.07, 6.45) is 6.08. The van der Waals surface area contributed by atoms with Crippen molar-refractivity contribution in [3.63, 3.8) is 0 Å². The van der Waals surface area contributed by atoms with Crippen molar-refractivity contribution in [2.45, 2.75) is 6.92 Å². The summed E-state index contributed by atoms with van der Waals surface area (Å²) in [6.45, 7) is 5.82. The van der Waals surface area contributed by atoms with Gasteiger partial charge in [-0.05, 0) is 36.3 Å². The van der Waals surface area contributed by atoms with E-state index < -0.39 is 0 Å². The summed E-state index contributed by atoms with van der Waals surface area (Å²) in [7, 11) is 0. The normalized spacial score (nSPS) is 18.1. The van der Waals surface area contributed by atoms with E-state index in [1.165, 1.54) is 6.08 Å². The summed E-state index contributed by atoms with van der Waals surface area (Å²) < 4.78 is 27.9. The van der Waals surface area contributed by atoms with Crippen molar-refractivity contribution < 1.29 is 28.5 Å². The lowest BCUT2D eigenvalue weighted by atomic mass is 10.1. The zero-order chi connectivity index (χ0) is 18.5. The maximum absolute atomic E-state index is 10.5. The second-order valence-corrected chi connectivity index (χ2v) is 5.62. The standard InChI is InChI=1S/C20H26O6/c1-17(6-7-21)2-3-18-4-5-19-20(16-18)26-15-13-24-11-9-22-8-10-23-12-14-25-19/h2-7,16H,8-15H2,1H3/b3-2+,17-6+. The molecule has 1 aromatic carbocycles. The van der Waals surface area contributed by atoms with Crippen LogP contribution in [0.4, 0.5) is 0 Å². The Labute approximate surface area is 154 Å². The maximum atomic E-state index is 10.5. The van der Waals surface area contributed by atoms with E-state index in [9.17, 15) is 4.79 Å². The van der Waals surface area contributed by atoms with Gasteiger partial charge in [0.2, 0.25) is 0 Å². The molecule has 6 nitrogen and oxygen atoms in total. The molecule has 6 heteroatoms. The van der Waals surface area contributed by atoms with Crippen molar-refractivity contribution in [1.29, 1.82) is 0 Å². The molecule has 0 saturated carbocycles. The molecular formula is C20H26O6. The third-order valence-electron chi connectivity index (χ3n) is 3.55. The molecule has 0 aromatic heterocycles. The van der Waals surface area contributed by atoms with Crippen LogP contribution in [0.5, 0.6) is 11.5 Å². The van der Waals surface area contributed by atoms with E-state index in [0.717, 1.165) is 17.4 Å². The van der Waals surface area contributed by atoms with Crippen molar-refractivity contribution in [3.8, 4) is 11.5 Å². The third-order valence-corrected chi connectivity index (χ3v) is 3.55. The van der Waals surface area contributed by atoms with Gasteiger partial charge in [0, 0.05) is 0 Å². The van der Waals surface area contributed by atoms with Crippen LogP contribution in [0.3, 0.4) is 0 Å². The van der Waals surface area contributed by atoms with Crippen LogP contribution in [0, 0.1) is 0 Å². The smallest absolute Gasteiger partial charge is 0.161 e. The lowest BCUT2D eigenvalue weighted by molar-refractivity contribution is -0.104. The van der Waals surface area contributed by atoms with Gasteiger partial charge in [-0.25, -0.2) is 0 Å². The van der Waals surface area contributed by atoms with Crippen molar-refractivity contribution in [2.75, 3.05) is 52.9 Å². The quantitative estimate of drug-likeness (QED) is 0.468. The van der Waals surface area contributed by atoms with Crippen LogP contribution in [0.1, 0.15) is 12.5 Å². The summed E-state index contributed by atoms with van der Waals surface area (Å²) in [5.41, 5.74) is 1.83. The SMILES string of the molecule is CC(/C=C/c1ccc2c(c1)OCCOCCOCCOCCO2)=C\C=O. The monoisotopic (exact) mass is 362 g/mol. The molecule has 1 aromatic rings. The van der Waals surface area contributed by atoms with Crippen LogP contribution >= 0.6 is 0 Å². The van der Waals surface area contributed by atoms with E-state index in [4.69, 9.17) is 23.7 Å². The summed E-state index contributed by atoms with van der Waals surface area (Å²) >= 11 is 0. The summed E-state index contributed by atoms with van der Waals surface area (Å²) in [4.78, 5) is 10.5. The molecule has 142 valence electrons. The first-order valence-electron chi connectivity index (χ1n) is 8.72. The van der Waals surface area contributed by atoms with Gasteiger partial charge in [-0.2, -0.15) is 0 Å². The van der Waals surface area contributed by atoms with Gasteiger partial charge in [0.1, 0.15) is 19.5 Å². The van der Waals surface area contributed by atoms with Gasteiger partial charge in [-0.3, -0.25) is 4.79 Å². The highest BCUT2D eigenvalue weighted by Crippen LogP contribution is 2.29. The zero-order valence-electron chi connectivity index (χ0n) is 15.1. The number of fused-ring (bicyclic) bond motifs is 1. The summed E-state index contributed by atoms with van der Waals surface area (Å²) in [6, 6.07) is 5.71. The van der Waals surface area contributed by atoms with Crippen molar-refractivity contribution >= 4 is 12.4 Å². The Kier molecular flexibility index (Phi) is 9.50. The average molecular weight is 362 g/mol. The van der Waals surface area contributed by atoms with Crippen LogP contribution in [-0.2, 0) is 19.0 Å². The number of ether oxygens (including phenoxy) is 5. The topological polar surface area (TPSA) is 63.2 Å². The molecule has 0 saturated heterocycles. The number of allylic oxidation sites excluding steroid dienone is 3. The molecular weight excluding hydrogens is 336 g/mol. The molecule has 0 unspecified atom stereocenters. The van der Waals surface area contributed by atoms with Gasteiger partial charge in [0.05, 0.1) is 39.6 Å². The number of carbonyl (C=O) groups excluding carboxylic acids is 1. The average Bonchev–Trinajstić information content (AvgIpc) is 2.65. The van der Waals surface area contributed by atoms with Gasteiger partial charge >= 0.3 is 0 Å². The van der Waals surface area contributed by atoms with Gasteiger partial charge in [-0.15, -0.1) is 0 Å². The van der Waals surface area contributed by atoms with Crippen LogP contribution in [0.2, 0.25) is 0 Å². The van der Waals surface area contributed by atoms with Gasteiger partial charge in [0.25, 0.3) is 0 Å². The van der Waals surface area contributed by atoms with E-state index >= 15 is 0 Å². The Morgan fingerprint density at radius 1 is 0.846 bits per heavy atom. The Hall–Kier alpha value is -2.15. The predicted molar refractivity (Wildman–Crippen MR) is 98.7 cm³/mol. The molecule has 1 heterocycles. The summed E-state index contributed by atoms with van der Waals surface area (Å²) in [5.74, 6) is 1.32. The lowest BCUT2D eigenvalue weighted by Gasteiger charge is -2.13. The Morgan fingerprint density at radius 2 is 1.42 bits per heavy atom. The Balaban J connectivity index is 2.05. The highest BCUT2D eigenvalue weighted by Gasteiger charge is 2.07. The van der Waals surface area contributed by atoms with Crippen molar-refractivity contribution in [2.24, 2.45) is 0 Å². The minimum atomic E-state index is 0.421. The fraction of sp³-hybridized carbons (Fsp3) is 0.450. The number of hydrogen-bond acceptors (Lipinski definition) is 6. The van der Waals surface area contributed by atoms with E-state index in [1.807, 2.05) is 37.3 Å². The first-order valence-corrected chi connectivity index (χ1v) is 8.72. The van der Waals surface area contributed by atoms with Crippen molar-refractivity contribution in [1.82, 2.24) is 0 Å². The molecule has 26 heavy (non-hydrogen) atoms. The number of rotatable bonds is 3. The second-order valence-electron chi connectivity index (χ2n) is 5.62. The largest absolute Gasteiger partial charge is 0.487 e. The van der Waals surface area contributed by atoms with E-state index in [1.54, 1.807) is 0 Å². The maximum Gasteiger partial charge on any atom is 0.161 e. The van der Waals surface area contributed by atoms with Gasteiger partial charge in [0.15, 0.2) is 11.5 Å². The second kappa shape index (κ2) is 12.2. The lowest BCUT2D eigenvalue weighted by Crippen LogP contribution is -2.13. The Morgan fingerprint density at radius 3 is 2.04 bits per heavy atom. The van der Waals surface area contributed by atoms with Crippen LogP contribution in [0.25, 0.3) is 6.08 Å². The zero-order valence-corrected chi connectivity index (χ0v) is 15.1. The van der Waals surface area contributed by atoms with Crippen LogP contribution < -0.4 is 9.47 Å². The van der Waals surface area contributed by atoms with Crippen LogP contribution in [-0.4, -0.2) is 59.1 Å². The molecule has 0 aliphatic carbocycles. The minimum Gasteiger partial charge on any atom is -0.487 e. The number of benzene rings is 1. The van der Waals surface area contributed by atoms with E-state index in [-0.39, 0.29) is 0 Å². The van der Waals surface area contributed by atoms with E-state index in [0.29, 0.717) is 64.4 Å². The first-order chi connectivity index (χ1) is 12.8. The molecule has 0 fully saturated rings. The van der Waals surface area contributed by atoms with Crippen molar-refractivity contribution in [3.05, 3.63) is 41.5 Å². The molecule has 1 aliphatic heterocycles. The molecule has 2 rings (SSSR count). The first kappa shape index (κ1) is 20.2. The van der Waals surface area contributed by atoms with Gasteiger partial charge < -0.3 is 23.7 Å². The number of hydrogen-bond donors (Lipinski definition) is 0. The number of aldehydes is 1. The highest BCUT2D eigenvalue weighted by molar-refractivity contribution is 5.68. The molecule has 0 N–H and O–H groups in total. The molecule has 1 aliphatic rings. The third kappa shape index (κ3) is 7.82. The molecule has 0 spiro atoms. The highest BCUT2D eigenvalue weighted by atomic mass is 16.6. The number of carbonyl (C=O) groups is 1. The molecule has 0 amide bonds. The fourth-order valence-electron chi connectivity index (χ4n) is 2.21. The molecule has 0 radical (unpaired) electrons. The molecule has 0 atom stereocenters. The minimum absolute atomic E-state index is 0.421. The van der Waals surface area contributed by atoms with E-state index in [2.05, 4.69) is 0 Å². The molecule has 0 bridgehead atoms. The van der Waals surface area contributed by atoms with Gasteiger partial charge in [-0.1, -0.05) is 18.2 Å². The van der Waals surface area contributed by atoms with Crippen LogP contribution in [0.15, 0.2) is 35.9 Å². The summed E-state index contributed by atoms with van der Waals surface area (Å²) in [5, 5.41) is 0. The Bertz CT molecular complexity index is 608.